The lowest BCUT2D eigenvalue weighted by atomic mass is 9.63. The molecule has 4 heteroatoms. The van der Waals surface area contributed by atoms with Crippen molar-refractivity contribution in [3.8, 4) is 0 Å². The van der Waals surface area contributed by atoms with Crippen LogP contribution in [0.1, 0.15) is 57.1 Å². The van der Waals surface area contributed by atoms with Crippen LogP contribution in [0, 0.1) is 17.3 Å². The van der Waals surface area contributed by atoms with Crippen molar-refractivity contribution >= 4 is 17.5 Å². The number of aliphatic hydroxyl groups is 1. The lowest BCUT2D eigenvalue weighted by Crippen LogP contribution is -2.39. The van der Waals surface area contributed by atoms with Crippen molar-refractivity contribution in [1.82, 2.24) is 0 Å². The van der Waals surface area contributed by atoms with Gasteiger partial charge in [0, 0.05) is 16.7 Å². The Labute approximate surface area is 177 Å². The van der Waals surface area contributed by atoms with E-state index >= 15 is 0 Å². The van der Waals surface area contributed by atoms with Crippen LogP contribution in [0.4, 0.5) is 0 Å². The molecule has 2 fully saturated rings. The predicted octanol–water partition coefficient (Wildman–Crippen LogP) is 5.25. The number of ether oxygens (including phenoxy) is 1. The summed E-state index contributed by atoms with van der Waals surface area (Å²) in [6.45, 7) is 2.83. The van der Waals surface area contributed by atoms with E-state index < -0.39 is 0 Å². The van der Waals surface area contributed by atoms with Crippen LogP contribution in [0.3, 0.4) is 0 Å². The zero-order valence-corrected chi connectivity index (χ0v) is 18.1. The number of carbonyl (C=O) groups excluding carboxylic acids is 1. The fraction of sp³-hybridized carbons (Fsp3) is 0.560. The first-order valence-electron chi connectivity index (χ1n) is 10.9. The van der Waals surface area contributed by atoms with E-state index in [1.165, 1.54) is 27.2 Å². The third-order valence-electron chi connectivity index (χ3n) is 7.92. The minimum Gasteiger partial charge on any atom is -0.392 e. The molecule has 154 valence electrons. The number of rotatable bonds is 2. The van der Waals surface area contributed by atoms with Crippen LogP contribution in [-0.2, 0) is 9.53 Å². The van der Waals surface area contributed by atoms with Crippen LogP contribution in [0.5, 0.6) is 0 Å². The first kappa shape index (κ1) is 19.6. The SMILES string of the molecule is CSc1ccc([C@H]2OC[C@@]3(C)C(CC[C@@H]3O)C3CCC4=CC(=O)CCC4=C32)cc1. The molecule has 29 heavy (non-hydrogen) atoms. The van der Waals surface area contributed by atoms with Gasteiger partial charge in [-0.25, -0.2) is 0 Å². The van der Waals surface area contributed by atoms with E-state index in [-0.39, 0.29) is 23.4 Å². The molecular weight excluding hydrogens is 380 g/mol. The zero-order chi connectivity index (χ0) is 20.2. The minimum absolute atomic E-state index is 0.0718. The van der Waals surface area contributed by atoms with Crippen molar-refractivity contribution in [2.24, 2.45) is 17.3 Å². The van der Waals surface area contributed by atoms with Gasteiger partial charge in [-0.05, 0) is 90.7 Å². The fourth-order valence-electron chi connectivity index (χ4n) is 6.29. The second-order valence-corrected chi connectivity index (χ2v) is 10.3. The Balaban J connectivity index is 1.65. The summed E-state index contributed by atoms with van der Waals surface area (Å²) in [5, 5.41) is 10.8. The molecule has 1 N–H and O–H groups in total. The Hall–Kier alpha value is -1.36. The number of hydrogen-bond donors (Lipinski definition) is 1. The first-order valence-corrected chi connectivity index (χ1v) is 12.1. The average Bonchev–Trinajstić information content (AvgIpc) is 2.95. The van der Waals surface area contributed by atoms with Gasteiger partial charge in [0.2, 0.25) is 0 Å². The number of benzene rings is 1. The quantitative estimate of drug-likeness (QED) is 0.676. The van der Waals surface area contributed by atoms with Crippen molar-refractivity contribution in [2.45, 2.75) is 62.6 Å². The first-order chi connectivity index (χ1) is 14.0. The van der Waals surface area contributed by atoms with E-state index in [9.17, 15) is 9.90 Å². The van der Waals surface area contributed by atoms with Gasteiger partial charge in [-0.1, -0.05) is 19.1 Å². The van der Waals surface area contributed by atoms with Crippen LogP contribution in [0.25, 0.3) is 0 Å². The third kappa shape index (κ3) is 3.15. The maximum absolute atomic E-state index is 12.1. The number of hydrogen-bond acceptors (Lipinski definition) is 4. The van der Waals surface area contributed by atoms with Crippen molar-refractivity contribution in [1.29, 1.82) is 0 Å². The van der Waals surface area contributed by atoms with Gasteiger partial charge in [-0.2, -0.15) is 0 Å². The van der Waals surface area contributed by atoms with Crippen LogP contribution >= 0.6 is 11.8 Å². The topological polar surface area (TPSA) is 46.5 Å². The number of carbonyl (C=O) groups is 1. The zero-order valence-electron chi connectivity index (χ0n) is 17.3. The second-order valence-electron chi connectivity index (χ2n) is 9.38. The Morgan fingerprint density at radius 2 is 1.90 bits per heavy atom. The van der Waals surface area contributed by atoms with Gasteiger partial charge < -0.3 is 9.84 Å². The van der Waals surface area contributed by atoms with E-state index in [0.717, 1.165) is 32.1 Å². The summed E-state index contributed by atoms with van der Waals surface area (Å²) in [5.74, 6) is 1.15. The summed E-state index contributed by atoms with van der Waals surface area (Å²) >= 11 is 1.75. The summed E-state index contributed by atoms with van der Waals surface area (Å²) in [4.78, 5) is 13.3. The van der Waals surface area contributed by atoms with Crippen LogP contribution < -0.4 is 0 Å². The van der Waals surface area contributed by atoms with Crippen molar-refractivity contribution in [3.63, 3.8) is 0 Å². The second kappa shape index (κ2) is 7.40. The molecule has 1 aromatic carbocycles. The number of ketones is 1. The van der Waals surface area contributed by atoms with Crippen LogP contribution in [0.15, 0.2) is 52.0 Å². The Morgan fingerprint density at radius 3 is 2.66 bits per heavy atom. The van der Waals surface area contributed by atoms with Gasteiger partial charge in [0.1, 0.15) is 6.10 Å². The van der Waals surface area contributed by atoms with Gasteiger partial charge in [0.25, 0.3) is 0 Å². The largest absolute Gasteiger partial charge is 0.392 e. The maximum atomic E-state index is 12.1. The molecule has 1 saturated heterocycles. The van der Waals surface area contributed by atoms with Gasteiger partial charge in [-0.3, -0.25) is 4.79 Å². The molecular formula is C25H30O3S. The standard InChI is InChI=1S/C25H30O3S/c1-25-14-28-24(15-3-7-18(29-2)8-4-15)23-19-10-6-17(26)13-16(19)5-9-20(23)21(25)11-12-22(25)27/h3-4,7-8,13,20-22,24,27H,5-6,9-12,14H2,1-2H3/t20?,21?,22-,24+,25-/m0/s1. The molecule has 0 radical (unpaired) electrons. The highest BCUT2D eigenvalue weighted by Gasteiger charge is 2.54. The number of aliphatic hydroxyl groups excluding tert-OH is 1. The highest BCUT2D eigenvalue weighted by molar-refractivity contribution is 7.98. The minimum atomic E-state index is -0.291. The Morgan fingerprint density at radius 1 is 1.10 bits per heavy atom. The molecule has 2 unspecified atom stereocenters. The van der Waals surface area contributed by atoms with Crippen LogP contribution in [0.2, 0.25) is 0 Å². The van der Waals surface area contributed by atoms with Crippen molar-refractivity contribution in [3.05, 3.63) is 52.6 Å². The van der Waals surface area contributed by atoms with E-state index in [0.29, 0.717) is 24.9 Å². The van der Waals surface area contributed by atoms with Gasteiger partial charge >= 0.3 is 0 Å². The fourth-order valence-corrected chi connectivity index (χ4v) is 6.70. The highest BCUT2D eigenvalue weighted by Crippen LogP contribution is 2.58. The Bertz CT molecular complexity index is 884. The van der Waals surface area contributed by atoms with Gasteiger partial charge in [0.15, 0.2) is 5.78 Å². The molecule has 5 rings (SSSR count). The molecule has 1 aliphatic heterocycles. The molecule has 3 aliphatic carbocycles. The Kier molecular flexibility index (Phi) is 5.00. The molecule has 1 aromatic rings. The third-order valence-corrected chi connectivity index (χ3v) is 8.67. The van der Waals surface area contributed by atoms with E-state index in [4.69, 9.17) is 4.74 Å². The molecule has 4 aliphatic rings. The normalized spacial score (nSPS) is 36.8. The molecule has 0 aromatic heterocycles. The summed E-state index contributed by atoms with van der Waals surface area (Å²) in [6, 6.07) is 8.76. The van der Waals surface area contributed by atoms with Gasteiger partial charge in [0.05, 0.1) is 12.7 Å². The number of thioether (sulfide) groups is 1. The summed E-state index contributed by atoms with van der Waals surface area (Å²) in [5.41, 5.74) is 5.05. The van der Waals surface area contributed by atoms with Crippen molar-refractivity contribution < 1.29 is 14.6 Å². The van der Waals surface area contributed by atoms with Crippen LogP contribution in [-0.4, -0.2) is 29.9 Å². The molecule has 1 saturated carbocycles. The van der Waals surface area contributed by atoms with E-state index in [2.05, 4.69) is 37.4 Å². The molecule has 0 spiro atoms. The summed E-state index contributed by atoms with van der Waals surface area (Å²) in [7, 11) is 0. The molecule has 3 nitrogen and oxygen atoms in total. The molecule has 5 atom stereocenters. The predicted molar refractivity (Wildman–Crippen MR) is 116 cm³/mol. The molecule has 0 bridgehead atoms. The smallest absolute Gasteiger partial charge is 0.156 e. The lowest BCUT2D eigenvalue weighted by Gasteiger charge is -2.40. The highest BCUT2D eigenvalue weighted by atomic mass is 32.2. The van der Waals surface area contributed by atoms with E-state index in [1.807, 2.05) is 6.08 Å². The molecule has 1 heterocycles. The maximum Gasteiger partial charge on any atom is 0.156 e. The van der Waals surface area contributed by atoms with E-state index in [1.54, 1.807) is 11.8 Å². The van der Waals surface area contributed by atoms with Gasteiger partial charge in [-0.15, -0.1) is 11.8 Å². The summed E-state index contributed by atoms with van der Waals surface area (Å²) < 4.78 is 6.66. The number of allylic oxidation sites excluding steroid dienone is 3. The number of fused-ring (bicyclic) bond motifs is 4. The molecule has 0 amide bonds. The lowest BCUT2D eigenvalue weighted by molar-refractivity contribution is -0.114. The van der Waals surface area contributed by atoms with Crippen molar-refractivity contribution in [2.75, 3.05) is 12.9 Å². The summed E-state index contributed by atoms with van der Waals surface area (Å²) in [6.07, 6.45) is 9.06. The monoisotopic (exact) mass is 410 g/mol. The average molecular weight is 411 g/mol.